The van der Waals surface area contributed by atoms with E-state index in [1.54, 1.807) is 0 Å². The highest BCUT2D eigenvalue weighted by molar-refractivity contribution is 7.97. The zero-order chi connectivity index (χ0) is 19.2. The van der Waals surface area contributed by atoms with Crippen molar-refractivity contribution in [2.45, 2.75) is 59.9 Å². The second-order valence-corrected chi connectivity index (χ2v) is 9.63. The van der Waals surface area contributed by atoms with Crippen LogP contribution in [0.3, 0.4) is 0 Å². The molecule has 0 spiro atoms. The number of benzene rings is 3. The summed E-state index contributed by atoms with van der Waals surface area (Å²) in [6, 6.07) is 32.0. The second-order valence-electron chi connectivity index (χ2n) is 7.60. The molecule has 0 saturated carbocycles. The van der Waals surface area contributed by atoms with Crippen molar-refractivity contribution in [3.63, 3.8) is 0 Å². The topological polar surface area (TPSA) is 3.24 Å². The maximum absolute atomic E-state index is 2.69. The van der Waals surface area contributed by atoms with E-state index >= 15 is 0 Å². The van der Waals surface area contributed by atoms with E-state index in [1.165, 1.54) is 52.5 Å². The molecule has 0 N–H and O–H groups in total. The summed E-state index contributed by atoms with van der Waals surface area (Å²) in [5.74, 6) is 0. The molecule has 2 heteroatoms. The van der Waals surface area contributed by atoms with Crippen molar-refractivity contribution in [1.82, 2.24) is 4.90 Å². The molecule has 1 saturated heterocycles. The van der Waals surface area contributed by atoms with Gasteiger partial charge in [0.25, 0.3) is 0 Å². The Kier molecular flexibility index (Phi) is 6.51. The highest BCUT2D eigenvalue weighted by atomic mass is 32.2. The number of rotatable bonds is 6. The van der Waals surface area contributed by atoms with Gasteiger partial charge in [0.05, 0.1) is 10.9 Å². The lowest BCUT2D eigenvalue weighted by atomic mass is 9.99. The van der Waals surface area contributed by atoms with Crippen molar-refractivity contribution < 1.29 is 0 Å². The van der Waals surface area contributed by atoms with Crippen LogP contribution in [0.4, 0.5) is 0 Å². The minimum atomic E-state index is -0.0518. The van der Waals surface area contributed by atoms with Gasteiger partial charge < -0.3 is 0 Å². The summed E-state index contributed by atoms with van der Waals surface area (Å²) in [7, 11) is -0.0518. The third-order valence-corrected chi connectivity index (χ3v) is 7.95. The Morgan fingerprint density at radius 2 is 1.32 bits per heavy atom. The van der Waals surface area contributed by atoms with Crippen LogP contribution in [0, 0.1) is 0 Å². The van der Waals surface area contributed by atoms with Crippen molar-refractivity contribution in [2.24, 2.45) is 0 Å². The second kappa shape index (κ2) is 9.45. The minimum absolute atomic E-state index is 0.0518. The Labute approximate surface area is 172 Å². The van der Waals surface area contributed by atoms with Gasteiger partial charge in [-0.25, -0.2) is 0 Å². The van der Waals surface area contributed by atoms with Gasteiger partial charge in [0, 0.05) is 12.6 Å². The fourth-order valence-corrected chi connectivity index (χ4v) is 6.30. The lowest BCUT2D eigenvalue weighted by molar-refractivity contribution is 0.136. The predicted molar refractivity (Wildman–Crippen MR) is 120 cm³/mol. The fraction of sp³-hybridized carbons (Fsp3) is 0.308. The minimum Gasteiger partial charge on any atom is -0.296 e. The van der Waals surface area contributed by atoms with E-state index < -0.39 is 0 Å². The van der Waals surface area contributed by atoms with Gasteiger partial charge in [-0.3, -0.25) is 4.90 Å². The standard InChI is InChI=1S/C26H30NS/c1-2-23-11-9-10-20-27(23)21-22-16-18-26(19-17-22)28(24-12-5-3-6-13-24)25-14-7-4-8-15-25/h3-8,12-19,23H,2,9-11,20-21H2,1H3/q+1. The molecule has 3 aromatic rings. The molecule has 0 aromatic heterocycles. The molecule has 28 heavy (non-hydrogen) atoms. The van der Waals surface area contributed by atoms with Crippen LogP contribution in [0.15, 0.2) is 99.6 Å². The zero-order valence-corrected chi connectivity index (χ0v) is 17.6. The molecule has 4 rings (SSSR count). The molecule has 1 aliphatic rings. The molecule has 0 amide bonds. The number of hydrogen-bond acceptors (Lipinski definition) is 1. The summed E-state index contributed by atoms with van der Waals surface area (Å²) < 4.78 is 0. The smallest absolute Gasteiger partial charge is 0.166 e. The summed E-state index contributed by atoms with van der Waals surface area (Å²) in [5.41, 5.74) is 1.44. The molecule has 0 radical (unpaired) electrons. The Bertz CT molecular complexity index is 805. The van der Waals surface area contributed by atoms with Gasteiger partial charge in [0.1, 0.15) is 0 Å². The van der Waals surface area contributed by atoms with E-state index in [4.69, 9.17) is 0 Å². The molecule has 0 aliphatic carbocycles. The Hall–Kier alpha value is -2.03. The first-order chi connectivity index (χ1) is 13.8. The van der Waals surface area contributed by atoms with Gasteiger partial charge in [-0.05, 0) is 67.8 Å². The van der Waals surface area contributed by atoms with Crippen LogP contribution in [0.25, 0.3) is 0 Å². The molecule has 144 valence electrons. The Morgan fingerprint density at radius 1 is 0.750 bits per heavy atom. The monoisotopic (exact) mass is 388 g/mol. The molecule has 1 atom stereocenters. The molecule has 3 aromatic carbocycles. The highest BCUT2D eigenvalue weighted by Crippen LogP contribution is 2.31. The lowest BCUT2D eigenvalue weighted by Gasteiger charge is -2.35. The largest absolute Gasteiger partial charge is 0.296 e. The molecule has 1 fully saturated rings. The highest BCUT2D eigenvalue weighted by Gasteiger charge is 2.28. The maximum atomic E-state index is 2.69. The molecule has 1 unspecified atom stereocenters. The van der Waals surface area contributed by atoms with E-state index in [9.17, 15) is 0 Å². The molecule has 1 nitrogen and oxygen atoms in total. The van der Waals surface area contributed by atoms with Crippen LogP contribution in [-0.4, -0.2) is 17.5 Å². The number of likely N-dealkylation sites (tertiary alicyclic amines) is 1. The molecular weight excluding hydrogens is 358 g/mol. The molecule has 1 heterocycles. The average Bonchev–Trinajstić information content (AvgIpc) is 2.77. The van der Waals surface area contributed by atoms with Crippen LogP contribution in [0.5, 0.6) is 0 Å². The van der Waals surface area contributed by atoms with Crippen LogP contribution < -0.4 is 0 Å². The molecular formula is C26H30NS+. The van der Waals surface area contributed by atoms with Crippen LogP contribution in [-0.2, 0) is 17.4 Å². The summed E-state index contributed by atoms with van der Waals surface area (Å²) >= 11 is 0. The van der Waals surface area contributed by atoms with Crippen molar-refractivity contribution in [2.75, 3.05) is 6.54 Å². The SMILES string of the molecule is CCC1CCCCN1Cc1ccc([S+](c2ccccc2)c2ccccc2)cc1. The first-order valence-corrected chi connectivity index (χ1v) is 11.7. The lowest BCUT2D eigenvalue weighted by Crippen LogP contribution is -2.38. The van der Waals surface area contributed by atoms with E-state index in [1.807, 2.05) is 0 Å². The van der Waals surface area contributed by atoms with Crippen LogP contribution >= 0.6 is 0 Å². The first kappa shape index (κ1) is 19.3. The quantitative estimate of drug-likeness (QED) is 0.433. The summed E-state index contributed by atoms with van der Waals surface area (Å²) in [5, 5.41) is 0. The predicted octanol–water partition coefficient (Wildman–Crippen LogP) is 6.55. The van der Waals surface area contributed by atoms with E-state index in [0.717, 1.165) is 12.6 Å². The van der Waals surface area contributed by atoms with Gasteiger partial charge in [-0.1, -0.05) is 61.9 Å². The third kappa shape index (κ3) is 4.51. The van der Waals surface area contributed by atoms with Crippen LogP contribution in [0.1, 0.15) is 38.2 Å². The summed E-state index contributed by atoms with van der Waals surface area (Å²) in [6.45, 7) is 4.67. The Morgan fingerprint density at radius 3 is 1.89 bits per heavy atom. The van der Waals surface area contributed by atoms with E-state index in [-0.39, 0.29) is 10.9 Å². The van der Waals surface area contributed by atoms with Crippen molar-refractivity contribution in [3.05, 3.63) is 90.5 Å². The van der Waals surface area contributed by atoms with Gasteiger partial charge in [-0.15, -0.1) is 0 Å². The fourth-order valence-electron chi connectivity index (χ4n) is 4.22. The van der Waals surface area contributed by atoms with Crippen molar-refractivity contribution in [3.8, 4) is 0 Å². The third-order valence-electron chi connectivity index (χ3n) is 5.72. The van der Waals surface area contributed by atoms with Gasteiger partial charge in [0.15, 0.2) is 14.7 Å². The maximum Gasteiger partial charge on any atom is 0.166 e. The molecule has 0 bridgehead atoms. The average molecular weight is 389 g/mol. The number of piperidine rings is 1. The van der Waals surface area contributed by atoms with Crippen molar-refractivity contribution >= 4 is 10.9 Å². The van der Waals surface area contributed by atoms with E-state index in [0.29, 0.717) is 0 Å². The summed E-state index contributed by atoms with van der Waals surface area (Å²) in [4.78, 5) is 6.84. The van der Waals surface area contributed by atoms with E-state index in [2.05, 4.69) is 96.8 Å². The van der Waals surface area contributed by atoms with Gasteiger partial charge in [-0.2, -0.15) is 0 Å². The number of nitrogens with zero attached hydrogens (tertiary/aromatic N) is 1. The molecule has 1 aliphatic heterocycles. The normalized spacial score (nSPS) is 17.7. The van der Waals surface area contributed by atoms with Crippen LogP contribution in [0.2, 0.25) is 0 Å². The van der Waals surface area contributed by atoms with Gasteiger partial charge >= 0.3 is 0 Å². The Balaban J connectivity index is 1.58. The first-order valence-electron chi connectivity index (χ1n) is 10.5. The summed E-state index contributed by atoms with van der Waals surface area (Å²) in [6.07, 6.45) is 5.37. The van der Waals surface area contributed by atoms with Crippen molar-refractivity contribution in [1.29, 1.82) is 0 Å². The number of hydrogen-bond donors (Lipinski definition) is 0. The zero-order valence-electron chi connectivity index (χ0n) is 16.8. The van der Waals surface area contributed by atoms with Gasteiger partial charge in [0.2, 0.25) is 0 Å².